The Morgan fingerprint density at radius 3 is 2.38 bits per heavy atom. The summed E-state index contributed by atoms with van der Waals surface area (Å²) in [6.45, 7) is 3.53. The smallest absolute Gasteiger partial charge is 0.268 e. The van der Waals surface area contributed by atoms with Crippen molar-refractivity contribution in [3.63, 3.8) is 0 Å². The molecule has 1 fully saturated rings. The maximum absolute atomic E-state index is 13.8. The topological polar surface area (TPSA) is 53.0 Å². The molecule has 1 unspecified atom stereocenters. The number of carbonyl (C=O) groups is 2. The van der Waals surface area contributed by atoms with Crippen LogP contribution in [0.4, 0.5) is 11.4 Å². The minimum Gasteiger partial charge on any atom is -0.292 e. The van der Waals surface area contributed by atoms with Gasteiger partial charge in [-0.05, 0) is 60.5 Å². The minimum atomic E-state index is -0.974. The Morgan fingerprint density at radius 1 is 0.969 bits per heavy atom. The summed E-state index contributed by atoms with van der Waals surface area (Å²) >= 11 is 4.32. The number of nitrogens with zero attached hydrogens (tertiary/aromatic N) is 3. The average molecular weight is 478 g/mol. The number of aryl methyl sites for hydroxylation is 1. The second kappa shape index (κ2) is 8.27. The molecule has 160 valence electrons. The molecule has 2 aliphatic heterocycles. The number of hydrogen-bond acceptors (Lipinski definition) is 7. The van der Waals surface area contributed by atoms with Crippen molar-refractivity contribution in [2.75, 3.05) is 9.91 Å². The van der Waals surface area contributed by atoms with Crippen LogP contribution in [0, 0.1) is 6.92 Å². The zero-order valence-corrected chi connectivity index (χ0v) is 19.8. The highest BCUT2D eigenvalue weighted by Gasteiger charge is 2.59. The number of para-hydroxylation sites is 1. The van der Waals surface area contributed by atoms with Crippen LogP contribution in [0.3, 0.4) is 0 Å². The lowest BCUT2D eigenvalue weighted by Crippen LogP contribution is -2.51. The molecule has 1 atom stereocenters. The molecule has 3 heterocycles. The van der Waals surface area contributed by atoms with E-state index in [-0.39, 0.29) is 11.7 Å². The van der Waals surface area contributed by atoms with Gasteiger partial charge in [0, 0.05) is 17.5 Å². The molecule has 1 spiro atoms. The molecule has 0 bridgehead atoms. The molecule has 5 nitrogen and oxygen atoms in total. The van der Waals surface area contributed by atoms with Gasteiger partial charge < -0.3 is 0 Å². The number of thiophene rings is 1. The van der Waals surface area contributed by atoms with Crippen LogP contribution in [0.1, 0.15) is 17.4 Å². The summed E-state index contributed by atoms with van der Waals surface area (Å²) in [4.78, 5) is 29.5. The van der Waals surface area contributed by atoms with E-state index in [9.17, 15) is 9.59 Å². The van der Waals surface area contributed by atoms with Gasteiger partial charge in [0.1, 0.15) is 0 Å². The first-order valence-corrected chi connectivity index (χ1v) is 12.5. The number of carbonyl (C=O) groups excluding carboxylic acids is 2. The highest BCUT2D eigenvalue weighted by molar-refractivity contribution is 8.29. The Hall–Kier alpha value is -2.81. The van der Waals surface area contributed by atoms with Crippen molar-refractivity contribution in [3.8, 4) is 0 Å². The molecule has 1 amide bonds. The number of rotatable bonds is 4. The number of anilines is 2. The third-order valence-electron chi connectivity index (χ3n) is 5.04. The summed E-state index contributed by atoms with van der Waals surface area (Å²) in [5.41, 5.74) is 2.70. The molecular formula is C24H19N3O2S3. The highest BCUT2D eigenvalue weighted by Crippen LogP contribution is 2.59. The van der Waals surface area contributed by atoms with E-state index >= 15 is 0 Å². The SMILES string of the molecule is CC(=O)C1=NN(c2ccc(C)cc2)C2(S1)S/C(=C/c1cccs1)C(=O)N2c1ccccc1. The molecule has 1 saturated heterocycles. The van der Waals surface area contributed by atoms with Crippen molar-refractivity contribution in [3.05, 3.63) is 87.5 Å². The monoisotopic (exact) mass is 477 g/mol. The van der Waals surface area contributed by atoms with Crippen molar-refractivity contribution in [2.45, 2.75) is 18.2 Å². The van der Waals surface area contributed by atoms with Gasteiger partial charge in [-0.15, -0.1) is 11.3 Å². The summed E-state index contributed by atoms with van der Waals surface area (Å²) in [5, 5.41) is 8.86. The maximum atomic E-state index is 13.8. The fourth-order valence-electron chi connectivity index (χ4n) is 3.52. The quantitative estimate of drug-likeness (QED) is 0.435. The van der Waals surface area contributed by atoms with Gasteiger partial charge in [-0.3, -0.25) is 14.5 Å². The van der Waals surface area contributed by atoms with Gasteiger partial charge in [0.25, 0.3) is 5.91 Å². The van der Waals surface area contributed by atoms with E-state index in [1.807, 2.05) is 85.1 Å². The van der Waals surface area contributed by atoms with Crippen molar-refractivity contribution >= 4 is 69.0 Å². The Balaban J connectivity index is 1.69. The number of thioether (sulfide) groups is 2. The van der Waals surface area contributed by atoms with Gasteiger partial charge in [0.15, 0.2) is 10.8 Å². The van der Waals surface area contributed by atoms with Crippen molar-refractivity contribution in [1.82, 2.24) is 0 Å². The van der Waals surface area contributed by atoms with Gasteiger partial charge in [0.05, 0.1) is 10.6 Å². The van der Waals surface area contributed by atoms with Crippen molar-refractivity contribution in [2.24, 2.45) is 5.10 Å². The molecule has 1 aromatic heterocycles. The number of hydrogen-bond donors (Lipinski definition) is 0. The number of ketones is 1. The van der Waals surface area contributed by atoms with Crippen LogP contribution < -0.4 is 9.91 Å². The lowest BCUT2D eigenvalue weighted by Gasteiger charge is -2.38. The van der Waals surface area contributed by atoms with Crippen molar-refractivity contribution < 1.29 is 9.59 Å². The lowest BCUT2D eigenvalue weighted by molar-refractivity contribution is -0.114. The third-order valence-corrected chi connectivity index (χ3v) is 8.68. The summed E-state index contributed by atoms with van der Waals surface area (Å²) < 4.78 is -0.974. The molecule has 32 heavy (non-hydrogen) atoms. The van der Waals surface area contributed by atoms with Gasteiger partial charge in [-0.1, -0.05) is 53.7 Å². The molecule has 0 saturated carbocycles. The fourth-order valence-corrected chi connectivity index (χ4v) is 7.12. The zero-order valence-electron chi connectivity index (χ0n) is 17.4. The molecular weight excluding hydrogens is 458 g/mol. The predicted octanol–water partition coefficient (Wildman–Crippen LogP) is 5.94. The van der Waals surface area contributed by atoms with Gasteiger partial charge in [0.2, 0.25) is 4.33 Å². The van der Waals surface area contributed by atoms with Crippen LogP contribution in [0.25, 0.3) is 6.08 Å². The van der Waals surface area contributed by atoms with Crippen LogP contribution in [0.5, 0.6) is 0 Å². The zero-order chi connectivity index (χ0) is 22.3. The molecule has 0 aliphatic carbocycles. The van der Waals surface area contributed by atoms with E-state index in [2.05, 4.69) is 5.10 Å². The first kappa shape index (κ1) is 21.1. The van der Waals surface area contributed by atoms with Gasteiger partial charge >= 0.3 is 0 Å². The summed E-state index contributed by atoms with van der Waals surface area (Å²) in [5.74, 6) is -0.236. The molecule has 0 N–H and O–H groups in total. The lowest BCUT2D eigenvalue weighted by atomic mass is 10.2. The highest BCUT2D eigenvalue weighted by atomic mass is 32.2. The van der Waals surface area contributed by atoms with Crippen LogP contribution in [0.15, 0.2) is 82.1 Å². The van der Waals surface area contributed by atoms with Crippen molar-refractivity contribution in [1.29, 1.82) is 0 Å². The Bertz CT molecular complexity index is 1240. The average Bonchev–Trinajstić information content (AvgIpc) is 3.49. The number of benzene rings is 2. The number of Topliss-reactive ketones (excluding diaryl/α,β-unsaturated/α-hetero) is 1. The van der Waals surface area contributed by atoms with Crippen LogP contribution >= 0.6 is 34.9 Å². The second-order valence-electron chi connectivity index (χ2n) is 7.36. The van der Waals surface area contributed by atoms with Gasteiger partial charge in [-0.2, -0.15) is 5.10 Å². The molecule has 3 aromatic rings. The fraction of sp³-hybridized carbons (Fsp3) is 0.125. The molecule has 5 rings (SSSR count). The molecule has 2 aliphatic rings. The van der Waals surface area contributed by atoms with E-state index in [1.54, 1.807) is 21.2 Å². The Kier molecular flexibility index (Phi) is 5.44. The van der Waals surface area contributed by atoms with Crippen LogP contribution in [0.2, 0.25) is 0 Å². The minimum absolute atomic E-state index is 0.112. The standard InChI is InChI=1S/C24H19N3O2S3/c1-16-10-12-19(13-11-16)27-24(32-22(25-27)17(2)28)26(18-7-4-3-5-8-18)23(29)21(31-24)15-20-9-6-14-30-20/h3-15H,1-2H3/b21-15+. The molecule has 0 radical (unpaired) electrons. The number of amides is 1. The van der Waals surface area contributed by atoms with Crippen LogP contribution in [-0.2, 0) is 9.59 Å². The van der Waals surface area contributed by atoms with E-state index in [0.717, 1.165) is 21.8 Å². The third kappa shape index (κ3) is 3.58. The summed E-state index contributed by atoms with van der Waals surface area (Å²) in [7, 11) is 0. The first-order chi connectivity index (χ1) is 15.5. The molecule has 2 aromatic carbocycles. The number of hydrazone groups is 1. The first-order valence-electron chi connectivity index (χ1n) is 9.97. The molecule has 8 heteroatoms. The van der Waals surface area contributed by atoms with E-state index in [0.29, 0.717) is 9.95 Å². The van der Waals surface area contributed by atoms with E-state index in [4.69, 9.17) is 0 Å². The second-order valence-corrected chi connectivity index (χ2v) is 11.0. The van der Waals surface area contributed by atoms with E-state index < -0.39 is 4.33 Å². The summed E-state index contributed by atoms with van der Waals surface area (Å²) in [6, 6.07) is 21.5. The normalized spacial score (nSPS) is 21.6. The Morgan fingerprint density at radius 2 is 1.72 bits per heavy atom. The van der Waals surface area contributed by atoms with E-state index in [1.165, 1.54) is 30.4 Å². The largest absolute Gasteiger partial charge is 0.292 e. The van der Waals surface area contributed by atoms with Crippen LogP contribution in [-0.4, -0.2) is 21.1 Å². The summed E-state index contributed by atoms with van der Waals surface area (Å²) in [6.07, 6.45) is 1.92. The maximum Gasteiger partial charge on any atom is 0.268 e. The Labute approximate surface area is 198 Å². The predicted molar refractivity (Wildman–Crippen MR) is 136 cm³/mol. The van der Waals surface area contributed by atoms with Gasteiger partial charge in [-0.25, -0.2) is 5.01 Å².